The van der Waals surface area contributed by atoms with Crippen molar-refractivity contribution in [2.45, 2.75) is 19.1 Å². The normalized spacial score (nSPS) is 12.2. The number of nitrogens with zero attached hydrogens (tertiary/aromatic N) is 4. The van der Waals surface area contributed by atoms with Crippen LogP contribution in [0.2, 0.25) is 5.02 Å². The van der Waals surface area contributed by atoms with Crippen LogP contribution in [0.15, 0.2) is 30.9 Å². The molecule has 3 aromatic heterocycles. The molecule has 0 aliphatic rings. The SMILES string of the molecule is C[C@@H](NC(=O)c1cc(C(=O)O)ncn1)c1ncc(C(=O)Nc2cc(C(F)(F)F)c(Cl)cn2)s1. The van der Waals surface area contributed by atoms with Gasteiger partial charge in [-0.2, -0.15) is 13.2 Å². The Morgan fingerprint density at radius 1 is 1.06 bits per heavy atom. The maximum Gasteiger partial charge on any atom is 0.418 e. The summed E-state index contributed by atoms with van der Waals surface area (Å²) in [6.07, 6.45) is -1.83. The van der Waals surface area contributed by atoms with Crippen LogP contribution in [0.3, 0.4) is 0 Å². The van der Waals surface area contributed by atoms with Gasteiger partial charge in [-0.3, -0.25) is 9.59 Å². The van der Waals surface area contributed by atoms with E-state index in [1.165, 1.54) is 6.20 Å². The molecule has 15 heteroatoms. The van der Waals surface area contributed by atoms with E-state index >= 15 is 0 Å². The van der Waals surface area contributed by atoms with Gasteiger partial charge in [0.25, 0.3) is 11.8 Å². The molecule has 3 N–H and O–H groups in total. The first-order chi connectivity index (χ1) is 15.5. The summed E-state index contributed by atoms with van der Waals surface area (Å²) >= 11 is 6.39. The van der Waals surface area contributed by atoms with Crippen LogP contribution in [-0.4, -0.2) is 42.8 Å². The molecule has 0 spiro atoms. The van der Waals surface area contributed by atoms with Crippen molar-refractivity contribution in [3.8, 4) is 0 Å². The Bertz CT molecular complexity index is 1240. The first-order valence-electron chi connectivity index (χ1n) is 8.81. The molecule has 10 nitrogen and oxygen atoms in total. The number of amides is 2. The molecular weight excluding hydrogens is 489 g/mol. The van der Waals surface area contributed by atoms with Gasteiger partial charge in [-0.25, -0.2) is 24.7 Å². The van der Waals surface area contributed by atoms with Crippen molar-refractivity contribution in [1.82, 2.24) is 25.3 Å². The summed E-state index contributed by atoms with van der Waals surface area (Å²) in [6, 6.07) is 0.912. The number of carboxylic acids is 1. The van der Waals surface area contributed by atoms with E-state index in [2.05, 4.69) is 30.6 Å². The summed E-state index contributed by atoms with van der Waals surface area (Å²) in [7, 11) is 0. The second kappa shape index (κ2) is 9.46. The molecule has 3 heterocycles. The van der Waals surface area contributed by atoms with E-state index in [0.717, 1.165) is 29.9 Å². The van der Waals surface area contributed by atoms with E-state index < -0.39 is 40.6 Å². The number of carboxylic acid groups (broad SMARTS) is 1. The van der Waals surface area contributed by atoms with Gasteiger partial charge in [-0.05, 0) is 13.0 Å². The van der Waals surface area contributed by atoms with Crippen molar-refractivity contribution >= 4 is 46.5 Å². The van der Waals surface area contributed by atoms with Gasteiger partial charge in [0.15, 0.2) is 5.69 Å². The van der Waals surface area contributed by atoms with Gasteiger partial charge < -0.3 is 15.7 Å². The second-order valence-electron chi connectivity index (χ2n) is 6.35. The van der Waals surface area contributed by atoms with Gasteiger partial charge in [0.2, 0.25) is 0 Å². The molecule has 3 rings (SSSR count). The molecule has 172 valence electrons. The lowest BCUT2D eigenvalue weighted by Gasteiger charge is -2.11. The third-order valence-corrected chi connectivity index (χ3v) is 5.47. The van der Waals surface area contributed by atoms with Crippen LogP contribution in [0, 0.1) is 0 Å². The number of anilines is 1. The topological polar surface area (TPSA) is 147 Å². The van der Waals surface area contributed by atoms with Crippen LogP contribution in [0.4, 0.5) is 19.0 Å². The summed E-state index contributed by atoms with van der Waals surface area (Å²) in [5, 5.41) is 13.4. The van der Waals surface area contributed by atoms with Gasteiger partial charge in [-0.1, -0.05) is 11.6 Å². The predicted octanol–water partition coefficient (Wildman–Crippen LogP) is 3.44. The number of hydrogen-bond donors (Lipinski definition) is 3. The molecule has 0 saturated carbocycles. The summed E-state index contributed by atoms with van der Waals surface area (Å²) in [5.74, 6) is -3.14. The van der Waals surface area contributed by atoms with E-state index in [1.54, 1.807) is 6.92 Å². The van der Waals surface area contributed by atoms with Crippen molar-refractivity contribution in [1.29, 1.82) is 0 Å². The average Bonchev–Trinajstić information content (AvgIpc) is 3.25. The molecule has 0 aliphatic heterocycles. The molecule has 2 amide bonds. The van der Waals surface area contributed by atoms with Gasteiger partial charge in [0, 0.05) is 12.3 Å². The molecule has 0 aromatic carbocycles. The molecular formula is C18H12ClF3N6O4S. The van der Waals surface area contributed by atoms with Gasteiger partial charge in [-0.15, -0.1) is 11.3 Å². The number of aromatic carboxylic acids is 1. The highest BCUT2D eigenvalue weighted by Crippen LogP contribution is 2.35. The monoisotopic (exact) mass is 500 g/mol. The lowest BCUT2D eigenvalue weighted by molar-refractivity contribution is -0.137. The number of pyridine rings is 1. The average molecular weight is 501 g/mol. The molecule has 1 atom stereocenters. The maximum absolute atomic E-state index is 13.0. The third kappa shape index (κ3) is 5.78. The highest BCUT2D eigenvalue weighted by atomic mass is 35.5. The van der Waals surface area contributed by atoms with Crippen LogP contribution < -0.4 is 10.6 Å². The number of aromatic nitrogens is 4. The van der Waals surface area contributed by atoms with Crippen LogP contribution >= 0.6 is 22.9 Å². The van der Waals surface area contributed by atoms with Crippen molar-refractivity contribution < 1.29 is 32.7 Å². The molecule has 33 heavy (non-hydrogen) atoms. The van der Waals surface area contributed by atoms with E-state index in [-0.39, 0.29) is 22.1 Å². The molecule has 0 bridgehead atoms. The van der Waals surface area contributed by atoms with Crippen molar-refractivity contribution in [3.63, 3.8) is 0 Å². The zero-order valence-corrected chi connectivity index (χ0v) is 17.9. The van der Waals surface area contributed by atoms with Crippen LogP contribution in [0.25, 0.3) is 0 Å². The van der Waals surface area contributed by atoms with E-state index in [0.29, 0.717) is 11.1 Å². The number of rotatable bonds is 6. The molecule has 0 saturated heterocycles. The molecule has 0 radical (unpaired) electrons. The summed E-state index contributed by atoms with van der Waals surface area (Å²) in [5.41, 5.74) is -1.69. The fraction of sp³-hybridized carbons (Fsp3) is 0.167. The largest absolute Gasteiger partial charge is 0.477 e. The standard InChI is InChI=1S/C18H12ClF3N6O4S/c1-7(27-14(29)10-3-11(17(31)32)26-6-25-10)16-24-5-12(33-16)15(30)28-13-2-8(18(20,21)22)9(19)4-23-13/h2-7H,1H3,(H,27,29)(H,31,32)(H,23,28,30)/t7-/m1/s1. The first kappa shape index (κ1) is 24.0. The minimum absolute atomic E-state index is 0.0478. The Morgan fingerprint density at radius 3 is 2.42 bits per heavy atom. The van der Waals surface area contributed by atoms with Crippen molar-refractivity contribution in [2.75, 3.05) is 5.32 Å². The van der Waals surface area contributed by atoms with Gasteiger partial charge in [0.1, 0.15) is 27.7 Å². The van der Waals surface area contributed by atoms with Crippen LogP contribution in [0.1, 0.15) is 54.2 Å². The minimum atomic E-state index is -4.72. The molecule has 0 fully saturated rings. The summed E-state index contributed by atoms with van der Waals surface area (Å²) in [4.78, 5) is 50.7. The summed E-state index contributed by atoms with van der Waals surface area (Å²) < 4.78 is 38.9. The van der Waals surface area contributed by atoms with E-state index in [1.807, 2.05) is 0 Å². The molecule has 0 aliphatic carbocycles. The van der Waals surface area contributed by atoms with E-state index in [9.17, 15) is 27.6 Å². The zero-order chi connectivity index (χ0) is 24.3. The fourth-order valence-corrected chi connectivity index (χ4v) is 3.45. The fourth-order valence-electron chi connectivity index (χ4n) is 2.43. The maximum atomic E-state index is 13.0. The third-order valence-electron chi connectivity index (χ3n) is 3.99. The van der Waals surface area contributed by atoms with Crippen LogP contribution in [-0.2, 0) is 6.18 Å². The first-order valence-corrected chi connectivity index (χ1v) is 10.0. The van der Waals surface area contributed by atoms with E-state index in [4.69, 9.17) is 16.7 Å². The zero-order valence-electron chi connectivity index (χ0n) is 16.3. The van der Waals surface area contributed by atoms with Crippen molar-refractivity contribution in [2.24, 2.45) is 0 Å². The number of carbonyl (C=O) groups excluding carboxylic acids is 2. The molecule has 3 aromatic rings. The quantitative estimate of drug-likeness (QED) is 0.466. The Morgan fingerprint density at radius 2 is 1.76 bits per heavy atom. The number of carbonyl (C=O) groups is 3. The Hall–Kier alpha value is -3.65. The highest BCUT2D eigenvalue weighted by Gasteiger charge is 2.34. The number of alkyl halides is 3. The van der Waals surface area contributed by atoms with Gasteiger partial charge >= 0.3 is 12.1 Å². The number of thiazole rings is 1. The van der Waals surface area contributed by atoms with Crippen LogP contribution in [0.5, 0.6) is 0 Å². The minimum Gasteiger partial charge on any atom is -0.477 e. The smallest absolute Gasteiger partial charge is 0.418 e. The number of hydrogen-bond acceptors (Lipinski definition) is 8. The second-order valence-corrected chi connectivity index (χ2v) is 7.82. The molecule has 0 unspecified atom stereocenters. The lowest BCUT2D eigenvalue weighted by Crippen LogP contribution is -2.27. The Balaban J connectivity index is 1.69. The lowest BCUT2D eigenvalue weighted by atomic mass is 10.2. The van der Waals surface area contributed by atoms with Gasteiger partial charge in [0.05, 0.1) is 22.8 Å². The highest BCUT2D eigenvalue weighted by molar-refractivity contribution is 7.13. The Labute approximate surface area is 191 Å². The number of halogens is 4. The van der Waals surface area contributed by atoms with Crippen molar-refractivity contribution in [3.05, 3.63) is 62.7 Å². The Kier molecular flexibility index (Phi) is 6.88. The number of nitrogens with one attached hydrogen (secondary N) is 2. The summed E-state index contributed by atoms with van der Waals surface area (Å²) in [6.45, 7) is 1.56. The predicted molar refractivity (Wildman–Crippen MR) is 109 cm³/mol.